The lowest BCUT2D eigenvalue weighted by Gasteiger charge is -2.18. The Morgan fingerprint density at radius 2 is 1.47 bits per heavy atom. The van der Waals surface area contributed by atoms with Crippen LogP contribution in [-0.4, -0.2) is 24.3 Å². The summed E-state index contributed by atoms with van der Waals surface area (Å²) in [5, 5.41) is 7.84. The van der Waals surface area contributed by atoms with Crippen molar-refractivity contribution in [2.75, 3.05) is 17.2 Å². The van der Waals surface area contributed by atoms with Gasteiger partial charge in [-0.2, -0.15) is 0 Å². The van der Waals surface area contributed by atoms with E-state index >= 15 is 0 Å². The maximum atomic E-state index is 14.6. The fourth-order valence-corrected chi connectivity index (χ4v) is 5.83. The van der Waals surface area contributed by atoms with Crippen LogP contribution in [0.5, 0.6) is 5.75 Å². The molecular weight excluding hydrogens is 638 g/mol. The zero-order chi connectivity index (χ0) is 34.4. The summed E-state index contributed by atoms with van der Waals surface area (Å²) >= 11 is 1.33. The quantitative estimate of drug-likeness (QED) is 0.0622. The third-order valence-electron chi connectivity index (χ3n) is 7.31. The van der Waals surface area contributed by atoms with Gasteiger partial charge in [-0.25, -0.2) is 4.39 Å². The van der Waals surface area contributed by atoms with Gasteiger partial charge in [0.2, 0.25) is 5.91 Å². The van der Waals surface area contributed by atoms with E-state index in [1.165, 1.54) is 30.0 Å². The molecule has 0 aromatic heterocycles. The van der Waals surface area contributed by atoms with Gasteiger partial charge in [0.05, 0.1) is 6.61 Å². The number of ether oxygens (including phenoxy) is 1. The molecule has 0 spiro atoms. The first-order chi connectivity index (χ1) is 23.9. The van der Waals surface area contributed by atoms with Crippen LogP contribution in [-0.2, 0) is 9.59 Å². The molecular formula is C40H36FN3O4S. The number of hydrogen-bond acceptors (Lipinski definition) is 5. The number of unbranched alkanes of at least 4 members (excludes halogenated alkanes) is 1. The lowest BCUT2D eigenvalue weighted by atomic mass is 10.1. The summed E-state index contributed by atoms with van der Waals surface area (Å²) in [5.74, 6) is -1.18. The van der Waals surface area contributed by atoms with E-state index in [0.29, 0.717) is 23.5 Å². The maximum Gasteiger partial charge on any atom is 0.272 e. The average Bonchev–Trinajstić information content (AvgIpc) is 3.13. The minimum Gasteiger partial charge on any atom is -0.494 e. The molecule has 0 aliphatic carbocycles. The van der Waals surface area contributed by atoms with Crippen LogP contribution >= 0.6 is 11.8 Å². The fourth-order valence-electron chi connectivity index (χ4n) is 4.75. The van der Waals surface area contributed by atoms with Gasteiger partial charge in [-0.05, 0) is 78.7 Å². The van der Waals surface area contributed by atoms with Gasteiger partial charge in [0.1, 0.15) is 22.5 Å². The van der Waals surface area contributed by atoms with E-state index in [1.54, 1.807) is 60.7 Å². The van der Waals surface area contributed by atoms with Gasteiger partial charge >= 0.3 is 0 Å². The lowest BCUT2D eigenvalue weighted by Crippen LogP contribution is -2.30. The third kappa shape index (κ3) is 10.2. The van der Waals surface area contributed by atoms with Gasteiger partial charge in [-0.15, -0.1) is 11.8 Å². The Morgan fingerprint density at radius 3 is 2.18 bits per heavy atom. The molecule has 0 heterocycles. The van der Waals surface area contributed by atoms with E-state index in [4.69, 9.17) is 4.74 Å². The molecule has 0 saturated carbocycles. The summed E-state index contributed by atoms with van der Waals surface area (Å²) in [6.45, 7) is 2.74. The number of amides is 3. The molecule has 1 atom stereocenters. The number of halogens is 1. The molecule has 248 valence electrons. The van der Waals surface area contributed by atoms with E-state index in [-0.39, 0.29) is 17.2 Å². The second kappa shape index (κ2) is 17.5. The maximum absolute atomic E-state index is 14.6. The number of nitrogens with one attached hydrogen (secondary N) is 3. The molecule has 7 nitrogen and oxygen atoms in total. The minimum absolute atomic E-state index is 0.139. The van der Waals surface area contributed by atoms with Crippen molar-refractivity contribution in [1.29, 1.82) is 0 Å². The van der Waals surface area contributed by atoms with Crippen LogP contribution in [0, 0.1) is 5.82 Å². The number of rotatable bonds is 14. The van der Waals surface area contributed by atoms with Gasteiger partial charge < -0.3 is 20.7 Å². The van der Waals surface area contributed by atoms with Crippen molar-refractivity contribution < 1.29 is 23.5 Å². The van der Waals surface area contributed by atoms with Crippen molar-refractivity contribution in [3.8, 4) is 5.75 Å². The molecule has 3 amide bonds. The molecule has 1 unspecified atom stereocenters. The molecule has 49 heavy (non-hydrogen) atoms. The monoisotopic (exact) mass is 673 g/mol. The van der Waals surface area contributed by atoms with E-state index in [0.717, 1.165) is 29.1 Å². The Morgan fingerprint density at radius 1 is 0.776 bits per heavy atom. The molecule has 5 aromatic carbocycles. The fraction of sp³-hybridized carbons (Fsp3) is 0.125. The molecule has 0 bridgehead atoms. The highest BCUT2D eigenvalue weighted by Gasteiger charge is 2.23. The van der Waals surface area contributed by atoms with Gasteiger partial charge in [0, 0.05) is 27.4 Å². The molecule has 3 N–H and O–H groups in total. The van der Waals surface area contributed by atoms with Crippen molar-refractivity contribution in [2.45, 2.75) is 29.9 Å². The Hall–Kier alpha value is -5.67. The van der Waals surface area contributed by atoms with E-state index in [1.807, 2.05) is 60.7 Å². The third-order valence-corrected chi connectivity index (χ3v) is 8.56. The highest BCUT2D eigenvalue weighted by Crippen LogP contribution is 2.37. The molecule has 5 rings (SSSR count). The van der Waals surface area contributed by atoms with Crippen LogP contribution < -0.4 is 20.7 Å². The summed E-state index contributed by atoms with van der Waals surface area (Å²) in [6.07, 6.45) is 3.31. The second-order valence-electron chi connectivity index (χ2n) is 11.0. The molecule has 0 radical (unpaired) electrons. The van der Waals surface area contributed by atoms with Crippen LogP contribution in [0.2, 0.25) is 0 Å². The summed E-state index contributed by atoms with van der Waals surface area (Å²) in [6, 6.07) is 38.2. The highest BCUT2D eigenvalue weighted by atomic mass is 32.2. The first-order valence-electron chi connectivity index (χ1n) is 15.9. The van der Waals surface area contributed by atoms with Crippen molar-refractivity contribution in [1.82, 2.24) is 5.32 Å². The van der Waals surface area contributed by atoms with Crippen molar-refractivity contribution in [3.05, 3.63) is 162 Å². The Kier molecular flexibility index (Phi) is 12.4. The van der Waals surface area contributed by atoms with Gasteiger partial charge in [-0.3, -0.25) is 14.4 Å². The zero-order valence-corrected chi connectivity index (χ0v) is 27.7. The summed E-state index contributed by atoms with van der Waals surface area (Å²) in [7, 11) is 0. The SMILES string of the molecule is CCCCOc1ccc(NC(=O)C(Sc2cccc(NC(=O)/C(=C/c3ccccc3F)NC(=O)c3ccccc3)c2)c2ccccc2)cc1. The highest BCUT2D eigenvalue weighted by molar-refractivity contribution is 8.00. The summed E-state index contributed by atoms with van der Waals surface area (Å²) in [5.41, 5.74) is 2.21. The Balaban J connectivity index is 1.34. The Bertz CT molecular complexity index is 1900. The number of benzene rings is 5. The summed E-state index contributed by atoms with van der Waals surface area (Å²) < 4.78 is 20.3. The number of carbonyl (C=O) groups is 3. The predicted octanol–water partition coefficient (Wildman–Crippen LogP) is 8.89. The van der Waals surface area contributed by atoms with Crippen molar-refractivity contribution in [2.24, 2.45) is 0 Å². The lowest BCUT2D eigenvalue weighted by molar-refractivity contribution is -0.116. The van der Waals surface area contributed by atoms with E-state index in [2.05, 4.69) is 22.9 Å². The normalized spacial score (nSPS) is 11.7. The second-order valence-corrected chi connectivity index (χ2v) is 12.2. The van der Waals surface area contributed by atoms with Crippen LogP contribution in [0.25, 0.3) is 6.08 Å². The van der Waals surface area contributed by atoms with E-state index < -0.39 is 22.9 Å². The summed E-state index contributed by atoms with van der Waals surface area (Å²) in [4.78, 5) is 40.9. The standard InChI is InChI=1S/C40H36FN3O4S/c1-2-3-25-48-33-23-21-31(22-24-33)42-40(47)37(28-13-6-4-7-14-28)49-34-19-12-18-32(27-34)43-39(46)36(26-30-17-10-11-20-35(30)41)44-38(45)29-15-8-5-9-16-29/h4-24,26-27,37H,2-3,25H2,1H3,(H,42,47)(H,43,46)(H,44,45)/b36-26-. The average molecular weight is 674 g/mol. The number of carbonyl (C=O) groups excluding carboxylic acids is 3. The topological polar surface area (TPSA) is 96.5 Å². The smallest absolute Gasteiger partial charge is 0.272 e. The molecule has 0 aliphatic heterocycles. The Labute approximate surface area is 289 Å². The van der Waals surface area contributed by atoms with Crippen LogP contribution in [0.15, 0.2) is 144 Å². The largest absolute Gasteiger partial charge is 0.494 e. The first kappa shape index (κ1) is 34.7. The molecule has 0 aliphatic rings. The predicted molar refractivity (Wildman–Crippen MR) is 194 cm³/mol. The number of hydrogen-bond donors (Lipinski definition) is 3. The zero-order valence-electron chi connectivity index (χ0n) is 26.9. The van der Waals surface area contributed by atoms with E-state index in [9.17, 15) is 18.8 Å². The van der Waals surface area contributed by atoms with Gasteiger partial charge in [-0.1, -0.05) is 86.1 Å². The first-order valence-corrected chi connectivity index (χ1v) is 16.8. The number of anilines is 2. The molecule has 5 aromatic rings. The van der Waals surface area contributed by atoms with Crippen LogP contribution in [0.1, 0.15) is 46.5 Å². The van der Waals surface area contributed by atoms with Crippen molar-refractivity contribution in [3.63, 3.8) is 0 Å². The molecule has 0 fully saturated rings. The number of thioether (sulfide) groups is 1. The molecule has 0 saturated heterocycles. The van der Waals surface area contributed by atoms with Crippen molar-refractivity contribution >= 4 is 46.9 Å². The van der Waals surface area contributed by atoms with Gasteiger partial charge in [0.15, 0.2) is 0 Å². The minimum atomic E-state index is -0.644. The van der Waals surface area contributed by atoms with Crippen LogP contribution in [0.4, 0.5) is 15.8 Å². The van der Waals surface area contributed by atoms with Crippen LogP contribution in [0.3, 0.4) is 0 Å². The van der Waals surface area contributed by atoms with Gasteiger partial charge in [0.25, 0.3) is 11.8 Å². The molecule has 9 heteroatoms.